The first-order valence-electron chi connectivity index (χ1n) is 21.8. The van der Waals surface area contributed by atoms with E-state index in [-0.39, 0.29) is 11.7 Å². The Bertz CT molecular complexity index is 3520. The van der Waals surface area contributed by atoms with Crippen LogP contribution in [0, 0.1) is 79.1 Å². The zero-order valence-electron chi connectivity index (χ0n) is 39.4. The third kappa shape index (κ3) is 12.0. The number of phenolic OH excluding ortho intramolecular Hbond substituents is 1. The van der Waals surface area contributed by atoms with Crippen LogP contribution in [0.15, 0.2) is 110 Å². The molecule has 0 bridgehead atoms. The average molecular weight is 1080 g/mol. The molecule has 0 spiro atoms. The van der Waals surface area contributed by atoms with E-state index in [9.17, 15) is 18.3 Å². The zero-order chi connectivity index (χ0) is 51.7. The average Bonchev–Trinajstić information content (AvgIpc) is 3.94. The molecule has 7 N–H and O–H groups in total. The Morgan fingerprint density at radius 1 is 0.514 bits per heavy atom. The van der Waals surface area contributed by atoms with Crippen LogP contribution in [0.1, 0.15) is 56.4 Å². The van der Waals surface area contributed by atoms with E-state index in [2.05, 4.69) is 102 Å². The van der Waals surface area contributed by atoms with Gasteiger partial charge in [-0.15, -0.1) is 0 Å². The van der Waals surface area contributed by atoms with Crippen molar-refractivity contribution in [2.45, 2.75) is 47.7 Å². The smallest absolute Gasteiger partial charge is 0.416 e. The first kappa shape index (κ1) is 50.8. The van der Waals surface area contributed by atoms with Crippen molar-refractivity contribution in [3.8, 4) is 57.7 Å². The first-order chi connectivity index (χ1) is 34.5. The van der Waals surface area contributed by atoms with Gasteiger partial charge in [0.25, 0.3) is 0 Å². The second-order valence-corrected chi connectivity index (χ2v) is 17.3. The lowest BCUT2D eigenvalue weighted by atomic mass is 10.1. The monoisotopic (exact) mass is 1080 g/mol. The normalized spacial score (nSPS) is 10.7. The molecule has 20 heteroatoms. The summed E-state index contributed by atoms with van der Waals surface area (Å²) in [6.07, 6.45) is 0.546. The maximum absolute atomic E-state index is 12.6. The van der Waals surface area contributed by atoms with E-state index < -0.39 is 11.7 Å². The molecule has 0 aliphatic carbocycles. The number of aromatic hydroxyl groups is 1. The van der Waals surface area contributed by atoms with Crippen molar-refractivity contribution in [2.75, 3.05) is 16.0 Å². The summed E-state index contributed by atoms with van der Waals surface area (Å²) in [5.41, 5.74) is 12.9. The minimum Gasteiger partial charge on any atom is -0.508 e. The van der Waals surface area contributed by atoms with Gasteiger partial charge in [-0.2, -0.15) is 29.0 Å². The Morgan fingerprint density at radius 3 is 1.21 bits per heavy atom. The lowest BCUT2D eigenvalue weighted by Crippen LogP contribution is -2.05. The van der Waals surface area contributed by atoms with Crippen LogP contribution in [0.25, 0.3) is 33.8 Å². The van der Waals surface area contributed by atoms with Gasteiger partial charge in [-0.25, -0.2) is 29.9 Å². The van der Waals surface area contributed by atoms with E-state index >= 15 is 0 Å². The second-order valence-electron chi connectivity index (χ2n) is 16.0. The van der Waals surface area contributed by atoms with Crippen LogP contribution in [0.4, 0.5) is 48.1 Å². The van der Waals surface area contributed by atoms with Gasteiger partial charge in [0.05, 0.1) is 22.6 Å². The van der Waals surface area contributed by atoms with Gasteiger partial charge in [-0.1, -0.05) is 6.07 Å². The minimum absolute atomic E-state index is 0.169. The van der Waals surface area contributed by atoms with E-state index in [1.165, 1.54) is 15.7 Å². The van der Waals surface area contributed by atoms with Gasteiger partial charge in [0.2, 0.25) is 17.8 Å². The fourth-order valence-corrected chi connectivity index (χ4v) is 8.02. The van der Waals surface area contributed by atoms with Gasteiger partial charge < -0.3 is 36.0 Å². The van der Waals surface area contributed by atoms with E-state index in [0.717, 1.165) is 79.7 Å². The van der Waals surface area contributed by atoms with E-state index in [1.54, 1.807) is 48.9 Å². The van der Waals surface area contributed by atoms with E-state index in [0.29, 0.717) is 46.0 Å². The summed E-state index contributed by atoms with van der Waals surface area (Å²) in [5, 5.41) is 46.1. The number of nitrogens with one attached hydrogen (secondary N) is 6. The summed E-state index contributed by atoms with van der Waals surface area (Å²) < 4.78 is 39.0. The SMILES string of the molecule is Cc1[nH]c(C#N)c(C)c1-c1ccnc(Nc2ccc(C(F)(F)F)cc2)n1.Cc1[nH]c(C#N)c(C)c1-c1ccnc(Nc2ccc(I)cc2)n1.Cc1[nH]c(C#N)c(C)c1-c1ccnc(Nc2cccc(O)c2)n1. The number of alkyl halides is 3. The van der Waals surface area contributed by atoms with Crippen LogP contribution in [0.5, 0.6) is 5.75 Å². The van der Waals surface area contributed by atoms with Gasteiger partial charge >= 0.3 is 6.18 Å². The number of hydrogen-bond acceptors (Lipinski definition) is 13. The standard InChI is InChI=1S/C18H14F3N5.C17H14IN5.C17H15N5O/c1-10-15(9-22)24-11(2)16(10)14-7-8-23-17(26-14)25-13-5-3-12(4-6-13)18(19,20)21;1-10-15(9-19)21-11(2)16(10)14-7-8-20-17(23-14)22-13-5-3-12(18)4-6-13;1-10-15(9-18)20-11(2)16(10)14-6-7-19-17(22-14)21-12-4-3-5-13(23)8-12/h3-8,24H,1-2H3,(H,23,25,26);3-8,21H,1-2H3,(H,20,22,23);3-8,20,23H,1-2H3,(H,19,21,22). The predicted octanol–water partition coefficient (Wildman–Crippen LogP) is 12.4. The highest BCUT2D eigenvalue weighted by Crippen LogP contribution is 2.33. The highest BCUT2D eigenvalue weighted by atomic mass is 127. The molecule has 6 aromatic heterocycles. The Kier molecular flexibility index (Phi) is 15.6. The molecule has 0 saturated heterocycles. The van der Waals surface area contributed by atoms with Crippen molar-refractivity contribution in [1.29, 1.82) is 15.8 Å². The zero-order valence-corrected chi connectivity index (χ0v) is 41.5. The largest absolute Gasteiger partial charge is 0.508 e. The molecule has 0 saturated carbocycles. The number of aryl methyl sites for hydroxylation is 3. The molecule has 16 nitrogen and oxygen atoms in total. The Morgan fingerprint density at radius 2 is 0.875 bits per heavy atom. The van der Waals surface area contributed by atoms with Crippen LogP contribution in [0.3, 0.4) is 0 Å². The number of aromatic nitrogens is 9. The quantitative estimate of drug-likeness (QED) is 0.0665. The van der Waals surface area contributed by atoms with Crippen molar-refractivity contribution in [2.24, 2.45) is 0 Å². The molecular weight excluding hydrogens is 1030 g/mol. The molecule has 0 aliphatic rings. The molecule has 6 heterocycles. The Balaban J connectivity index is 0.000000159. The van der Waals surface area contributed by atoms with Crippen molar-refractivity contribution < 1.29 is 18.3 Å². The lowest BCUT2D eigenvalue weighted by molar-refractivity contribution is -0.137. The number of nitrogens with zero attached hydrogens (tertiary/aromatic N) is 9. The molecule has 9 aromatic rings. The predicted molar refractivity (Wildman–Crippen MR) is 277 cm³/mol. The van der Waals surface area contributed by atoms with Crippen LogP contribution in [-0.2, 0) is 6.18 Å². The lowest BCUT2D eigenvalue weighted by Gasteiger charge is -2.09. The second kappa shape index (κ2) is 22.1. The number of hydrogen-bond donors (Lipinski definition) is 7. The molecule has 0 fully saturated rings. The molecule has 0 radical (unpaired) electrons. The molecule has 9 rings (SSSR count). The number of H-pyrrole nitrogens is 3. The molecule has 72 heavy (non-hydrogen) atoms. The highest BCUT2D eigenvalue weighted by Gasteiger charge is 2.30. The van der Waals surface area contributed by atoms with Crippen molar-refractivity contribution in [3.63, 3.8) is 0 Å². The van der Waals surface area contributed by atoms with Gasteiger partial charge in [-0.05, 0) is 160 Å². The number of rotatable bonds is 9. The molecule has 360 valence electrons. The number of nitriles is 3. The third-order valence-corrected chi connectivity index (χ3v) is 11.8. The topological polar surface area (TPSA) is 252 Å². The van der Waals surface area contributed by atoms with E-state index in [4.69, 9.17) is 15.8 Å². The van der Waals surface area contributed by atoms with Crippen LogP contribution < -0.4 is 16.0 Å². The van der Waals surface area contributed by atoms with Crippen LogP contribution in [0.2, 0.25) is 0 Å². The van der Waals surface area contributed by atoms with Crippen LogP contribution in [-0.4, -0.2) is 50.0 Å². The summed E-state index contributed by atoms with van der Waals surface area (Å²) in [7, 11) is 0. The molecule has 3 aromatic carbocycles. The number of halogens is 4. The van der Waals surface area contributed by atoms with Gasteiger partial charge in [0.15, 0.2) is 0 Å². The van der Waals surface area contributed by atoms with Crippen molar-refractivity contribution >= 4 is 57.5 Å². The van der Waals surface area contributed by atoms with Gasteiger partial charge in [0, 0.05) is 79.1 Å². The number of phenols is 1. The fraction of sp³-hybridized carbons (Fsp3) is 0.135. The highest BCUT2D eigenvalue weighted by molar-refractivity contribution is 14.1. The first-order valence-corrected chi connectivity index (χ1v) is 22.8. The summed E-state index contributed by atoms with van der Waals surface area (Å²) >= 11 is 2.26. The molecule has 0 aliphatic heterocycles. The number of aromatic amines is 3. The van der Waals surface area contributed by atoms with Gasteiger partial charge in [0.1, 0.15) is 41.0 Å². The van der Waals surface area contributed by atoms with Crippen molar-refractivity contribution in [1.82, 2.24) is 44.9 Å². The molecule has 0 atom stereocenters. The van der Waals surface area contributed by atoms with Crippen LogP contribution >= 0.6 is 22.6 Å². The summed E-state index contributed by atoms with van der Waals surface area (Å²) in [4.78, 5) is 35.2. The molecule has 0 unspecified atom stereocenters. The maximum Gasteiger partial charge on any atom is 0.416 e. The summed E-state index contributed by atoms with van der Waals surface area (Å²) in [6.45, 7) is 11.3. The van der Waals surface area contributed by atoms with E-state index in [1.807, 2.05) is 77.9 Å². The molecular formula is C52H43F3IN15O. The Hall–Kier alpha value is -9.07. The number of benzene rings is 3. The summed E-state index contributed by atoms with van der Waals surface area (Å²) in [6, 6.07) is 31.1. The Labute approximate surface area is 425 Å². The fourth-order valence-electron chi connectivity index (χ4n) is 7.66. The number of anilines is 6. The van der Waals surface area contributed by atoms with Crippen molar-refractivity contribution in [3.05, 3.63) is 170 Å². The molecule has 0 amide bonds. The third-order valence-electron chi connectivity index (χ3n) is 11.1. The summed E-state index contributed by atoms with van der Waals surface area (Å²) in [5.74, 6) is 1.37. The van der Waals surface area contributed by atoms with Gasteiger partial charge in [-0.3, -0.25) is 0 Å². The minimum atomic E-state index is -4.38. The maximum atomic E-state index is 12.6.